The van der Waals surface area contributed by atoms with Gasteiger partial charge in [0.05, 0.1) is 11.9 Å². The van der Waals surface area contributed by atoms with E-state index in [9.17, 15) is 0 Å². The lowest BCUT2D eigenvalue weighted by atomic mass is 10.3. The van der Waals surface area contributed by atoms with E-state index in [1.54, 1.807) is 24.3 Å². The Kier molecular flexibility index (Phi) is 9.51. The van der Waals surface area contributed by atoms with Crippen LogP contribution in [0.3, 0.4) is 0 Å². The molecule has 3 heteroatoms. The second-order valence-corrected chi connectivity index (χ2v) is 2.49. The average molecular weight is 225 g/mol. The van der Waals surface area contributed by atoms with E-state index in [0.717, 1.165) is 0 Å². The Labute approximate surface area is 94.6 Å². The van der Waals surface area contributed by atoms with Crippen molar-refractivity contribution in [2.45, 2.75) is 0 Å². The van der Waals surface area contributed by atoms with Gasteiger partial charge >= 0.3 is 0 Å². The van der Waals surface area contributed by atoms with Crippen LogP contribution < -0.4 is 0 Å². The summed E-state index contributed by atoms with van der Waals surface area (Å²) >= 11 is 3.64. The molecular weight excluding hydrogens is 212 g/mol. The molecule has 0 unspecified atom stereocenters. The molecule has 2 N–H and O–H groups in total. The fraction of sp³-hybridized carbons (Fsp3) is 0. The molecule has 0 aromatic heterocycles. The van der Waals surface area contributed by atoms with Crippen LogP contribution in [0.5, 0.6) is 5.75 Å². The maximum absolute atomic E-state index is 8.63. The summed E-state index contributed by atoms with van der Waals surface area (Å²) in [6.07, 6.45) is 0. The first-order valence-corrected chi connectivity index (χ1v) is 4.64. The number of rotatable bonds is 0. The van der Waals surface area contributed by atoms with E-state index >= 15 is 0 Å². The molecule has 2 rings (SSSR count). The molecule has 2 aromatic carbocycles. The van der Waals surface area contributed by atoms with E-state index in [4.69, 9.17) is 9.77 Å². The zero-order valence-corrected chi connectivity index (χ0v) is 8.88. The second kappa shape index (κ2) is 10.6. The molecule has 0 spiro atoms. The van der Waals surface area contributed by atoms with Crippen LogP contribution in [0.15, 0.2) is 66.7 Å². The average Bonchev–Trinajstić information content (AvgIpc) is 2.36. The van der Waals surface area contributed by atoms with Crippen LogP contribution in [0, 0.1) is 0 Å². The molecule has 2 nitrogen and oxygen atoms in total. The lowest BCUT2D eigenvalue weighted by Crippen LogP contribution is -1.56. The summed E-state index contributed by atoms with van der Waals surface area (Å²) in [5.41, 5.74) is 0. The molecule has 0 aliphatic rings. The predicted octanol–water partition coefficient (Wildman–Crippen LogP) is 3.21. The van der Waals surface area contributed by atoms with Crippen molar-refractivity contribution in [3.63, 3.8) is 0 Å². The highest BCUT2D eigenvalue weighted by atomic mass is 35.5. The molecule has 2 aromatic rings. The summed E-state index contributed by atoms with van der Waals surface area (Å²) in [7, 11) is 0. The Bertz CT molecular complexity index is 284. The van der Waals surface area contributed by atoms with Crippen molar-refractivity contribution in [3.05, 3.63) is 66.7 Å². The first-order valence-electron chi connectivity index (χ1n) is 4.30. The maximum Gasteiger partial charge on any atom is 0.115 e. The minimum atomic E-state index is 0.322. The lowest BCUT2D eigenvalue weighted by Gasteiger charge is -1.82. The van der Waals surface area contributed by atoms with Crippen molar-refractivity contribution in [2.24, 2.45) is 0 Å². The summed E-state index contributed by atoms with van der Waals surface area (Å²) in [6, 6.07) is 20.7. The molecular formula is C12H13ClO2. The van der Waals surface area contributed by atoms with Gasteiger partial charge in [-0.1, -0.05) is 54.6 Å². The van der Waals surface area contributed by atoms with Crippen molar-refractivity contribution < 1.29 is 9.77 Å². The number of hydrogen-bond donors (Lipinski definition) is 2. The van der Waals surface area contributed by atoms with Crippen LogP contribution in [0.4, 0.5) is 0 Å². The monoisotopic (exact) mass is 224 g/mol. The Balaban J connectivity index is 0.000000227. The van der Waals surface area contributed by atoms with Crippen LogP contribution >= 0.6 is 11.9 Å². The molecule has 0 heterocycles. The van der Waals surface area contributed by atoms with Crippen LogP contribution in [0.2, 0.25) is 0 Å². The molecule has 80 valence electrons. The molecule has 15 heavy (non-hydrogen) atoms. The third kappa shape index (κ3) is 8.81. The van der Waals surface area contributed by atoms with Crippen LogP contribution in [0.25, 0.3) is 0 Å². The number of para-hydroxylation sites is 1. The zero-order valence-electron chi connectivity index (χ0n) is 8.12. The normalized spacial score (nSPS) is 7.60. The third-order valence-corrected chi connectivity index (χ3v) is 1.42. The van der Waals surface area contributed by atoms with Crippen molar-refractivity contribution >= 4 is 11.9 Å². The van der Waals surface area contributed by atoms with Crippen molar-refractivity contribution in [2.75, 3.05) is 0 Å². The number of hydrogen-bond acceptors (Lipinski definition) is 2. The molecule has 0 bridgehead atoms. The first-order chi connectivity index (χ1) is 7.39. The van der Waals surface area contributed by atoms with Gasteiger partial charge in [0, 0.05) is 0 Å². The standard InChI is InChI=1S/C6H6O.C6H6.ClHO/c7-6-4-2-1-3-5-6;1-2-4-6-5-3-1;1-2/h1-5,7H;1-6H;2H. The number of halogens is 1. The molecule has 0 saturated heterocycles. The van der Waals surface area contributed by atoms with Gasteiger partial charge in [-0.2, -0.15) is 0 Å². The Morgan fingerprint density at radius 2 is 0.867 bits per heavy atom. The molecule has 0 amide bonds. The fourth-order valence-electron chi connectivity index (χ4n) is 0.813. The number of aromatic hydroxyl groups is 1. The predicted molar refractivity (Wildman–Crippen MR) is 62.6 cm³/mol. The Morgan fingerprint density at radius 3 is 1.07 bits per heavy atom. The van der Waals surface area contributed by atoms with E-state index in [1.807, 2.05) is 42.5 Å². The minimum absolute atomic E-state index is 0.322. The number of phenolic OH excluding ortho intramolecular Hbond substituents is 1. The highest BCUT2D eigenvalue weighted by molar-refractivity contribution is 6.04. The van der Waals surface area contributed by atoms with Crippen LogP contribution in [0.1, 0.15) is 0 Å². The largest absolute Gasteiger partial charge is 0.508 e. The highest BCUT2D eigenvalue weighted by Crippen LogP contribution is 2.02. The van der Waals surface area contributed by atoms with E-state index in [2.05, 4.69) is 11.9 Å². The van der Waals surface area contributed by atoms with Gasteiger partial charge in [-0.05, 0) is 12.1 Å². The van der Waals surface area contributed by atoms with Gasteiger partial charge in [0.15, 0.2) is 0 Å². The van der Waals surface area contributed by atoms with Gasteiger partial charge in [-0.25, -0.2) is 0 Å². The van der Waals surface area contributed by atoms with E-state index in [1.165, 1.54) is 0 Å². The Hall–Kier alpha value is -1.51. The molecule has 0 fully saturated rings. The zero-order chi connectivity index (χ0) is 11.4. The smallest absolute Gasteiger partial charge is 0.115 e. The molecule has 0 saturated carbocycles. The van der Waals surface area contributed by atoms with Gasteiger partial charge in [-0.3, -0.25) is 4.66 Å². The quantitative estimate of drug-likeness (QED) is 0.722. The summed E-state index contributed by atoms with van der Waals surface area (Å²) in [5.74, 6) is 0.322. The Morgan fingerprint density at radius 1 is 0.600 bits per heavy atom. The topological polar surface area (TPSA) is 40.5 Å². The van der Waals surface area contributed by atoms with Gasteiger partial charge in [0.1, 0.15) is 5.75 Å². The van der Waals surface area contributed by atoms with Crippen molar-refractivity contribution in [3.8, 4) is 5.75 Å². The van der Waals surface area contributed by atoms with Crippen molar-refractivity contribution in [1.29, 1.82) is 0 Å². The fourth-order valence-corrected chi connectivity index (χ4v) is 0.813. The van der Waals surface area contributed by atoms with Gasteiger partial charge in [0.25, 0.3) is 0 Å². The van der Waals surface area contributed by atoms with Crippen LogP contribution in [-0.4, -0.2) is 9.77 Å². The molecule has 0 aliphatic heterocycles. The summed E-state index contributed by atoms with van der Waals surface area (Å²) in [6.45, 7) is 0. The first kappa shape index (κ1) is 13.5. The van der Waals surface area contributed by atoms with E-state index in [-0.39, 0.29) is 0 Å². The van der Waals surface area contributed by atoms with Gasteiger partial charge < -0.3 is 5.11 Å². The summed E-state index contributed by atoms with van der Waals surface area (Å²) in [5, 5.41) is 8.63. The lowest BCUT2D eigenvalue weighted by molar-refractivity contribution is 0.475. The minimum Gasteiger partial charge on any atom is -0.508 e. The third-order valence-electron chi connectivity index (χ3n) is 1.42. The number of phenols is 1. The van der Waals surface area contributed by atoms with Gasteiger partial charge in [-0.15, -0.1) is 0 Å². The SMILES string of the molecule is OCl.Oc1ccccc1.c1ccccc1. The molecule has 0 radical (unpaired) electrons. The van der Waals surface area contributed by atoms with Crippen molar-refractivity contribution in [1.82, 2.24) is 0 Å². The van der Waals surface area contributed by atoms with E-state index < -0.39 is 0 Å². The summed E-state index contributed by atoms with van der Waals surface area (Å²) in [4.78, 5) is 0. The van der Waals surface area contributed by atoms with E-state index in [0.29, 0.717) is 5.75 Å². The second-order valence-electron chi connectivity index (χ2n) is 2.49. The molecule has 0 atom stereocenters. The highest BCUT2D eigenvalue weighted by Gasteiger charge is 1.74. The molecule has 0 aliphatic carbocycles. The van der Waals surface area contributed by atoms with Gasteiger partial charge in [0.2, 0.25) is 0 Å². The van der Waals surface area contributed by atoms with Crippen LogP contribution in [-0.2, 0) is 0 Å². The number of benzene rings is 2. The maximum atomic E-state index is 8.63. The summed E-state index contributed by atoms with van der Waals surface area (Å²) < 4.78 is 6.47.